The number of para-hydroxylation sites is 1. The minimum atomic E-state index is -0.0900. The van der Waals surface area contributed by atoms with E-state index in [1.807, 2.05) is 56.3 Å². The largest absolute Gasteiger partial charge is 0.352 e. The Bertz CT molecular complexity index is 1140. The van der Waals surface area contributed by atoms with Gasteiger partial charge in [0.15, 0.2) is 0 Å². The number of fused-ring (bicyclic) bond motifs is 1. The number of benzene rings is 1. The molecule has 0 unspecified atom stereocenters. The van der Waals surface area contributed by atoms with Gasteiger partial charge >= 0.3 is 0 Å². The smallest absolute Gasteiger partial charge is 0.252 e. The Labute approximate surface area is 167 Å². The number of thiazole rings is 1. The number of pyridine rings is 2. The quantitative estimate of drug-likeness (QED) is 0.552. The Morgan fingerprint density at radius 3 is 2.61 bits per heavy atom. The highest BCUT2D eigenvalue weighted by Crippen LogP contribution is 2.24. The van der Waals surface area contributed by atoms with Crippen molar-refractivity contribution in [3.63, 3.8) is 0 Å². The second kappa shape index (κ2) is 7.86. The Balaban J connectivity index is 1.61. The summed E-state index contributed by atoms with van der Waals surface area (Å²) >= 11 is 1.69. The van der Waals surface area contributed by atoms with E-state index in [9.17, 15) is 4.79 Å². The number of amides is 1. The highest BCUT2D eigenvalue weighted by atomic mass is 32.1. The van der Waals surface area contributed by atoms with Crippen LogP contribution in [0.2, 0.25) is 0 Å². The second-order valence-corrected chi connectivity index (χ2v) is 7.84. The molecule has 0 saturated heterocycles. The van der Waals surface area contributed by atoms with Crippen molar-refractivity contribution in [3.8, 4) is 11.3 Å². The van der Waals surface area contributed by atoms with Crippen LogP contribution in [0.4, 0.5) is 0 Å². The second-order valence-electron chi connectivity index (χ2n) is 6.56. The normalized spacial score (nSPS) is 10.9. The van der Waals surface area contributed by atoms with Gasteiger partial charge in [0, 0.05) is 41.2 Å². The Morgan fingerprint density at radius 1 is 1.07 bits per heavy atom. The van der Waals surface area contributed by atoms with Crippen molar-refractivity contribution in [1.82, 2.24) is 20.3 Å². The average molecular weight is 388 g/mol. The number of aryl methyl sites for hydroxylation is 2. The van der Waals surface area contributed by atoms with Crippen LogP contribution in [0, 0.1) is 13.8 Å². The summed E-state index contributed by atoms with van der Waals surface area (Å²) in [7, 11) is 0. The van der Waals surface area contributed by atoms with Crippen LogP contribution in [0.1, 0.15) is 25.9 Å². The van der Waals surface area contributed by atoms with Crippen molar-refractivity contribution in [2.75, 3.05) is 6.54 Å². The molecule has 0 aliphatic carbocycles. The lowest BCUT2D eigenvalue weighted by atomic mass is 10.0. The van der Waals surface area contributed by atoms with E-state index >= 15 is 0 Å². The number of aromatic nitrogens is 3. The van der Waals surface area contributed by atoms with E-state index in [1.54, 1.807) is 23.7 Å². The lowest BCUT2D eigenvalue weighted by molar-refractivity contribution is 0.0956. The minimum absolute atomic E-state index is 0.0900. The predicted molar refractivity (Wildman–Crippen MR) is 113 cm³/mol. The van der Waals surface area contributed by atoms with Crippen molar-refractivity contribution >= 4 is 28.1 Å². The zero-order valence-electron chi connectivity index (χ0n) is 15.8. The van der Waals surface area contributed by atoms with Gasteiger partial charge in [-0.15, -0.1) is 11.3 Å². The summed E-state index contributed by atoms with van der Waals surface area (Å²) in [5.74, 6) is -0.0900. The molecule has 5 nitrogen and oxygen atoms in total. The molecule has 0 saturated carbocycles. The number of rotatable bonds is 5. The minimum Gasteiger partial charge on any atom is -0.352 e. The molecule has 1 N–H and O–H groups in total. The Morgan fingerprint density at radius 2 is 1.86 bits per heavy atom. The predicted octanol–water partition coefficient (Wildman–Crippen LogP) is 4.34. The summed E-state index contributed by atoms with van der Waals surface area (Å²) in [5, 5.41) is 4.96. The lowest BCUT2D eigenvalue weighted by Crippen LogP contribution is -2.26. The van der Waals surface area contributed by atoms with E-state index in [0.29, 0.717) is 12.1 Å². The highest BCUT2D eigenvalue weighted by molar-refractivity contribution is 7.11. The first-order valence-corrected chi connectivity index (χ1v) is 9.95. The van der Waals surface area contributed by atoms with Gasteiger partial charge in [0.2, 0.25) is 0 Å². The van der Waals surface area contributed by atoms with Crippen molar-refractivity contribution in [3.05, 3.63) is 76.0 Å². The van der Waals surface area contributed by atoms with E-state index in [4.69, 9.17) is 4.98 Å². The third-order valence-corrected chi connectivity index (χ3v) is 5.71. The fourth-order valence-electron chi connectivity index (χ4n) is 3.22. The van der Waals surface area contributed by atoms with Gasteiger partial charge in [0.1, 0.15) is 0 Å². The summed E-state index contributed by atoms with van der Waals surface area (Å²) in [6.45, 7) is 4.59. The molecule has 0 aliphatic heterocycles. The molecule has 1 amide bonds. The molecule has 0 bridgehead atoms. The molecule has 140 valence electrons. The van der Waals surface area contributed by atoms with Crippen LogP contribution in [0.25, 0.3) is 22.2 Å². The molecule has 0 atom stereocenters. The van der Waals surface area contributed by atoms with E-state index < -0.39 is 0 Å². The fourth-order valence-corrected chi connectivity index (χ4v) is 4.16. The molecule has 0 spiro atoms. The van der Waals surface area contributed by atoms with Crippen LogP contribution in [0.15, 0.2) is 54.9 Å². The fraction of sp³-hybridized carbons (Fsp3) is 0.182. The first-order chi connectivity index (χ1) is 13.6. The van der Waals surface area contributed by atoms with E-state index in [-0.39, 0.29) is 5.91 Å². The molecule has 0 fully saturated rings. The standard InChI is InChI=1S/C22H20N4OS/c1-14-21(28-15(2)25-14)9-12-24-22(27)18-13-20(16-7-10-23-11-8-16)26-19-6-4-3-5-17(18)19/h3-8,10-11,13H,9,12H2,1-2H3,(H,24,27). The van der Waals surface area contributed by atoms with Gasteiger partial charge in [-0.1, -0.05) is 18.2 Å². The number of hydrogen-bond acceptors (Lipinski definition) is 5. The number of carbonyl (C=O) groups is 1. The van der Waals surface area contributed by atoms with Gasteiger partial charge in [0.05, 0.1) is 27.5 Å². The van der Waals surface area contributed by atoms with Crippen LogP contribution < -0.4 is 5.32 Å². The summed E-state index contributed by atoms with van der Waals surface area (Å²) < 4.78 is 0. The maximum absolute atomic E-state index is 13.0. The maximum atomic E-state index is 13.0. The highest BCUT2D eigenvalue weighted by Gasteiger charge is 2.14. The molecule has 6 heteroatoms. The van der Waals surface area contributed by atoms with Crippen LogP contribution in [-0.2, 0) is 6.42 Å². The molecule has 4 rings (SSSR count). The topological polar surface area (TPSA) is 67.8 Å². The van der Waals surface area contributed by atoms with Gasteiger partial charge in [0.25, 0.3) is 5.91 Å². The zero-order chi connectivity index (χ0) is 19.5. The van der Waals surface area contributed by atoms with Gasteiger partial charge in [-0.2, -0.15) is 0 Å². The number of carbonyl (C=O) groups excluding carboxylic acids is 1. The SMILES string of the molecule is Cc1nc(C)c(CCNC(=O)c2cc(-c3ccncc3)nc3ccccc23)s1. The van der Waals surface area contributed by atoms with E-state index in [0.717, 1.165) is 39.3 Å². The number of nitrogens with zero attached hydrogens (tertiary/aromatic N) is 3. The van der Waals surface area contributed by atoms with Crippen molar-refractivity contribution in [2.45, 2.75) is 20.3 Å². The van der Waals surface area contributed by atoms with Crippen LogP contribution in [-0.4, -0.2) is 27.4 Å². The number of hydrogen-bond donors (Lipinski definition) is 1. The maximum Gasteiger partial charge on any atom is 0.252 e. The van der Waals surface area contributed by atoms with Gasteiger partial charge < -0.3 is 5.32 Å². The molecular weight excluding hydrogens is 368 g/mol. The number of nitrogens with one attached hydrogen (secondary N) is 1. The molecule has 0 radical (unpaired) electrons. The van der Waals surface area contributed by atoms with Gasteiger partial charge in [-0.3, -0.25) is 9.78 Å². The summed E-state index contributed by atoms with van der Waals surface area (Å²) in [5.41, 5.74) is 4.18. The summed E-state index contributed by atoms with van der Waals surface area (Å²) in [6, 6.07) is 13.4. The van der Waals surface area contributed by atoms with Crippen molar-refractivity contribution in [2.24, 2.45) is 0 Å². The summed E-state index contributed by atoms with van der Waals surface area (Å²) in [6.07, 6.45) is 4.24. The third-order valence-electron chi connectivity index (χ3n) is 4.57. The summed E-state index contributed by atoms with van der Waals surface area (Å²) in [4.78, 5) is 27.4. The monoisotopic (exact) mass is 388 g/mol. The molecule has 0 aliphatic rings. The Hall–Kier alpha value is -3.12. The average Bonchev–Trinajstić information content (AvgIpc) is 3.04. The van der Waals surface area contributed by atoms with Crippen molar-refractivity contribution < 1.29 is 4.79 Å². The lowest BCUT2D eigenvalue weighted by Gasteiger charge is -2.10. The third kappa shape index (κ3) is 3.77. The first kappa shape index (κ1) is 18.3. The van der Waals surface area contributed by atoms with Crippen LogP contribution in [0.3, 0.4) is 0 Å². The van der Waals surface area contributed by atoms with Crippen LogP contribution in [0.5, 0.6) is 0 Å². The van der Waals surface area contributed by atoms with Gasteiger partial charge in [-0.25, -0.2) is 9.97 Å². The van der Waals surface area contributed by atoms with Gasteiger partial charge in [-0.05, 0) is 38.1 Å². The Kier molecular flexibility index (Phi) is 5.12. The molecule has 3 aromatic heterocycles. The molecule has 4 aromatic rings. The molecule has 28 heavy (non-hydrogen) atoms. The molecule has 3 heterocycles. The van der Waals surface area contributed by atoms with E-state index in [2.05, 4.69) is 15.3 Å². The molecule has 1 aromatic carbocycles. The zero-order valence-corrected chi connectivity index (χ0v) is 16.6. The molecular formula is C22H20N4OS. The van der Waals surface area contributed by atoms with Crippen molar-refractivity contribution in [1.29, 1.82) is 0 Å². The van der Waals surface area contributed by atoms with Crippen LogP contribution >= 0.6 is 11.3 Å². The first-order valence-electron chi connectivity index (χ1n) is 9.13. The van der Waals surface area contributed by atoms with E-state index in [1.165, 1.54) is 4.88 Å².